The fraction of sp³-hybridized carbons (Fsp3) is 0. The lowest BCUT2D eigenvalue weighted by Crippen LogP contribution is -1.95. The lowest BCUT2D eigenvalue weighted by atomic mass is 9.95. The van der Waals surface area contributed by atoms with Gasteiger partial charge in [-0.2, -0.15) is 0 Å². The third-order valence-electron chi connectivity index (χ3n) is 11.1. The highest BCUT2D eigenvalue weighted by Gasteiger charge is 2.16. The number of hydrogen-bond acceptors (Lipinski definition) is 0. The molecule has 0 atom stereocenters. The molecule has 0 N–H and O–H groups in total. The van der Waals surface area contributed by atoms with Crippen molar-refractivity contribution in [2.45, 2.75) is 0 Å². The summed E-state index contributed by atoms with van der Waals surface area (Å²) in [6, 6.07) is 75.2. The van der Waals surface area contributed by atoms with Crippen LogP contribution in [0.15, 0.2) is 206 Å². The molecule has 0 saturated heterocycles. The molecule has 0 spiro atoms. The number of benzene rings is 9. The van der Waals surface area contributed by atoms with E-state index < -0.39 is 0 Å². The van der Waals surface area contributed by atoms with Gasteiger partial charge in [-0.05, 0) is 105 Å². The molecule has 0 unspecified atom stereocenters. The van der Waals surface area contributed by atoms with Crippen LogP contribution >= 0.6 is 0 Å². The predicted molar refractivity (Wildman–Crippen MR) is 229 cm³/mol. The van der Waals surface area contributed by atoms with Gasteiger partial charge in [-0.25, -0.2) is 0 Å². The van der Waals surface area contributed by atoms with Crippen LogP contribution in [0, 0.1) is 0 Å². The van der Waals surface area contributed by atoms with Gasteiger partial charge in [-0.15, -0.1) is 0 Å². The summed E-state index contributed by atoms with van der Waals surface area (Å²) < 4.78 is 4.80. The Balaban J connectivity index is 0.992. The van der Waals surface area contributed by atoms with Crippen molar-refractivity contribution in [1.29, 1.82) is 0 Å². The largest absolute Gasteiger partial charge is 0.309 e. The van der Waals surface area contributed by atoms with E-state index in [2.05, 4.69) is 215 Å². The highest BCUT2D eigenvalue weighted by molar-refractivity contribution is 6.12. The van der Waals surface area contributed by atoms with Gasteiger partial charge in [0.1, 0.15) is 0 Å². The van der Waals surface area contributed by atoms with E-state index in [0.717, 1.165) is 0 Å². The molecular weight excluding hydrogens is 653 g/mol. The van der Waals surface area contributed by atoms with E-state index >= 15 is 0 Å². The first-order chi connectivity index (χ1) is 26.8. The first-order valence-corrected chi connectivity index (χ1v) is 18.6. The molecule has 2 heterocycles. The van der Waals surface area contributed by atoms with Gasteiger partial charge < -0.3 is 9.13 Å². The van der Waals surface area contributed by atoms with Crippen molar-refractivity contribution in [3.63, 3.8) is 0 Å². The molecule has 11 aromatic rings. The average Bonchev–Trinajstić information content (AvgIpc) is 3.76. The molecule has 0 aliphatic carbocycles. The van der Waals surface area contributed by atoms with Gasteiger partial charge in [0.25, 0.3) is 0 Å². The molecule has 2 aromatic heterocycles. The van der Waals surface area contributed by atoms with Crippen LogP contribution in [0.4, 0.5) is 0 Å². The van der Waals surface area contributed by atoms with Crippen molar-refractivity contribution >= 4 is 54.4 Å². The maximum Gasteiger partial charge on any atom is 0.0541 e. The minimum Gasteiger partial charge on any atom is -0.309 e. The first kappa shape index (κ1) is 30.5. The predicted octanol–water partition coefficient (Wildman–Crippen LogP) is 14.0. The fourth-order valence-corrected chi connectivity index (χ4v) is 8.58. The van der Waals surface area contributed by atoms with Crippen LogP contribution in [0.3, 0.4) is 0 Å². The van der Waals surface area contributed by atoms with Gasteiger partial charge >= 0.3 is 0 Å². The Morgan fingerprint density at radius 3 is 1.28 bits per heavy atom. The Bertz CT molecular complexity index is 3210. The second-order valence-electron chi connectivity index (χ2n) is 14.2. The smallest absolute Gasteiger partial charge is 0.0541 e. The van der Waals surface area contributed by atoms with E-state index in [-0.39, 0.29) is 0 Å². The van der Waals surface area contributed by atoms with Crippen molar-refractivity contribution < 1.29 is 0 Å². The summed E-state index contributed by atoms with van der Waals surface area (Å²) in [6.07, 6.45) is 0. The molecule has 11 rings (SSSR count). The summed E-state index contributed by atoms with van der Waals surface area (Å²) in [5.41, 5.74) is 14.5. The van der Waals surface area contributed by atoms with Crippen molar-refractivity contribution in [3.05, 3.63) is 206 Å². The van der Waals surface area contributed by atoms with Gasteiger partial charge in [0.15, 0.2) is 0 Å². The Hall–Kier alpha value is -7.16. The molecule has 9 aromatic carbocycles. The second kappa shape index (κ2) is 12.2. The maximum absolute atomic E-state index is 2.43. The Labute approximate surface area is 313 Å². The molecule has 2 nitrogen and oxygen atoms in total. The SMILES string of the molecule is c1ccc(-n2c3ccccc3c3cc(-c4cccc(-c5cccc(-c6ccc7c(c6)c6ccccc6n7-c6cccc7ccccc67)c5)c4)ccc32)cc1. The number of hydrogen-bond donors (Lipinski definition) is 0. The Kier molecular flexibility index (Phi) is 6.90. The lowest BCUT2D eigenvalue weighted by Gasteiger charge is -2.12. The van der Waals surface area contributed by atoms with E-state index in [1.54, 1.807) is 0 Å². The van der Waals surface area contributed by atoms with Crippen LogP contribution in [0.1, 0.15) is 0 Å². The van der Waals surface area contributed by atoms with Gasteiger partial charge in [0, 0.05) is 32.6 Å². The molecule has 0 bridgehead atoms. The summed E-state index contributed by atoms with van der Waals surface area (Å²) in [5, 5.41) is 7.54. The number of para-hydroxylation sites is 3. The molecule has 54 heavy (non-hydrogen) atoms. The van der Waals surface area contributed by atoms with Gasteiger partial charge in [0.05, 0.1) is 27.8 Å². The summed E-state index contributed by atoms with van der Waals surface area (Å²) >= 11 is 0. The first-order valence-electron chi connectivity index (χ1n) is 18.6. The number of rotatable bonds is 5. The van der Waals surface area contributed by atoms with Crippen molar-refractivity contribution in [3.8, 4) is 44.8 Å². The molecule has 2 heteroatoms. The molecule has 252 valence electrons. The van der Waals surface area contributed by atoms with Crippen LogP contribution in [-0.2, 0) is 0 Å². The van der Waals surface area contributed by atoms with Gasteiger partial charge in [0.2, 0.25) is 0 Å². The van der Waals surface area contributed by atoms with Crippen LogP contribution in [-0.4, -0.2) is 9.13 Å². The summed E-state index contributed by atoms with van der Waals surface area (Å²) in [4.78, 5) is 0. The van der Waals surface area contributed by atoms with E-state index in [0.29, 0.717) is 0 Å². The highest BCUT2D eigenvalue weighted by atomic mass is 15.0. The zero-order chi connectivity index (χ0) is 35.6. The van der Waals surface area contributed by atoms with E-state index in [1.165, 1.54) is 99.1 Å². The molecule has 0 saturated carbocycles. The molecule has 0 fully saturated rings. The highest BCUT2D eigenvalue weighted by Crippen LogP contribution is 2.39. The number of nitrogens with zero attached hydrogens (tertiary/aromatic N) is 2. The summed E-state index contributed by atoms with van der Waals surface area (Å²) in [7, 11) is 0. The quantitative estimate of drug-likeness (QED) is 0.171. The topological polar surface area (TPSA) is 9.86 Å². The molecule has 0 aliphatic heterocycles. The van der Waals surface area contributed by atoms with E-state index in [4.69, 9.17) is 0 Å². The van der Waals surface area contributed by atoms with Crippen molar-refractivity contribution in [2.75, 3.05) is 0 Å². The van der Waals surface area contributed by atoms with Crippen LogP contribution in [0.5, 0.6) is 0 Å². The average molecular weight is 687 g/mol. The lowest BCUT2D eigenvalue weighted by molar-refractivity contribution is 1.18. The zero-order valence-electron chi connectivity index (χ0n) is 29.5. The maximum atomic E-state index is 2.43. The molecule has 0 radical (unpaired) electrons. The minimum absolute atomic E-state index is 1.17. The summed E-state index contributed by atoms with van der Waals surface area (Å²) in [5.74, 6) is 0. The standard InChI is InChI=1S/C52H34N2/c1-2-19-42(20-3-1)53-49-24-8-6-22-44(49)46-33-40(27-29-51(46)53)38-17-10-15-36(31-38)37-16-11-18-39(32-37)41-28-30-52-47(34-41)45-23-7-9-25-50(45)54(52)48-26-12-14-35-13-4-5-21-43(35)48/h1-34H. The van der Waals surface area contributed by atoms with Gasteiger partial charge in [-0.1, -0.05) is 140 Å². The van der Waals surface area contributed by atoms with E-state index in [1.807, 2.05) is 0 Å². The van der Waals surface area contributed by atoms with Gasteiger partial charge in [-0.3, -0.25) is 0 Å². The number of fused-ring (bicyclic) bond motifs is 7. The zero-order valence-corrected chi connectivity index (χ0v) is 29.5. The third-order valence-corrected chi connectivity index (χ3v) is 11.1. The Morgan fingerprint density at radius 1 is 0.241 bits per heavy atom. The van der Waals surface area contributed by atoms with E-state index in [9.17, 15) is 0 Å². The normalized spacial score (nSPS) is 11.7. The fourth-order valence-electron chi connectivity index (χ4n) is 8.58. The third kappa shape index (κ3) is 4.81. The molecule has 0 amide bonds. The van der Waals surface area contributed by atoms with Crippen LogP contribution < -0.4 is 0 Å². The minimum atomic E-state index is 1.17. The van der Waals surface area contributed by atoms with Crippen molar-refractivity contribution in [2.24, 2.45) is 0 Å². The monoisotopic (exact) mass is 686 g/mol. The van der Waals surface area contributed by atoms with Crippen molar-refractivity contribution in [1.82, 2.24) is 9.13 Å². The Morgan fingerprint density at radius 2 is 0.667 bits per heavy atom. The molecule has 0 aliphatic rings. The number of aromatic nitrogens is 2. The summed E-state index contributed by atoms with van der Waals surface area (Å²) in [6.45, 7) is 0. The van der Waals surface area contributed by atoms with Crippen LogP contribution in [0.2, 0.25) is 0 Å². The van der Waals surface area contributed by atoms with Crippen LogP contribution in [0.25, 0.3) is 99.1 Å². The second-order valence-corrected chi connectivity index (χ2v) is 14.2. The molecular formula is C52H34N2.